The van der Waals surface area contributed by atoms with Crippen LogP contribution in [0.5, 0.6) is 0 Å². The van der Waals surface area contributed by atoms with Crippen molar-refractivity contribution in [1.29, 1.82) is 0 Å². The van der Waals surface area contributed by atoms with E-state index in [4.69, 9.17) is 0 Å². The van der Waals surface area contributed by atoms with Crippen molar-refractivity contribution < 1.29 is 4.79 Å². The van der Waals surface area contributed by atoms with Crippen LogP contribution in [0.3, 0.4) is 0 Å². The highest BCUT2D eigenvalue weighted by Crippen LogP contribution is 2.16. The molecule has 1 N–H and O–H groups in total. The Morgan fingerprint density at radius 3 is 2.41 bits per heavy atom. The molecule has 1 aliphatic heterocycles. The van der Waals surface area contributed by atoms with Crippen LogP contribution in [0, 0.1) is 6.92 Å². The molecule has 0 unspecified atom stereocenters. The number of piperazine rings is 1. The van der Waals surface area contributed by atoms with Crippen molar-refractivity contribution in [3.8, 4) is 0 Å². The van der Waals surface area contributed by atoms with Crippen LogP contribution in [0.15, 0.2) is 30.8 Å². The summed E-state index contributed by atoms with van der Waals surface area (Å²) in [6.07, 6.45) is 0. The second-order valence-electron chi connectivity index (χ2n) is 4.39. The van der Waals surface area contributed by atoms with Gasteiger partial charge in [0.25, 0.3) is 5.91 Å². The lowest BCUT2D eigenvalue weighted by Gasteiger charge is -2.28. The third-order valence-corrected chi connectivity index (χ3v) is 3.06. The highest BCUT2D eigenvalue weighted by molar-refractivity contribution is 6.18. The molecule has 0 spiro atoms. The Bertz CT molecular complexity index is 416. The molecule has 3 heteroatoms. The van der Waals surface area contributed by atoms with Gasteiger partial charge in [-0.1, -0.05) is 36.4 Å². The van der Waals surface area contributed by atoms with Crippen molar-refractivity contribution in [2.45, 2.75) is 6.92 Å². The summed E-state index contributed by atoms with van der Waals surface area (Å²) in [6.45, 7) is 9.22. The van der Waals surface area contributed by atoms with Crippen molar-refractivity contribution in [2.24, 2.45) is 0 Å². The summed E-state index contributed by atoms with van der Waals surface area (Å²) >= 11 is 0. The predicted octanol–water partition coefficient (Wildman–Crippen LogP) is 1.44. The zero-order valence-electron chi connectivity index (χ0n) is 10.2. The van der Waals surface area contributed by atoms with Crippen molar-refractivity contribution in [3.05, 3.63) is 42.0 Å². The van der Waals surface area contributed by atoms with Crippen LogP contribution < -0.4 is 5.32 Å². The molecule has 3 nitrogen and oxygen atoms in total. The fourth-order valence-electron chi connectivity index (χ4n) is 1.94. The SMILES string of the molecule is C=C(C(=O)N1CCNCC1)c1ccc(C)cc1. The van der Waals surface area contributed by atoms with Gasteiger partial charge in [0.15, 0.2) is 0 Å². The first-order valence-electron chi connectivity index (χ1n) is 5.94. The molecular formula is C14H18N2O. The lowest BCUT2D eigenvalue weighted by molar-refractivity contribution is -0.125. The van der Waals surface area contributed by atoms with Crippen LogP contribution in [0.1, 0.15) is 11.1 Å². The van der Waals surface area contributed by atoms with Gasteiger partial charge in [-0.25, -0.2) is 0 Å². The summed E-state index contributed by atoms with van der Waals surface area (Å²) < 4.78 is 0. The smallest absolute Gasteiger partial charge is 0.253 e. The number of benzene rings is 1. The number of carbonyl (C=O) groups excluding carboxylic acids is 1. The van der Waals surface area contributed by atoms with E-state index < -0.39 is 0 Å². The number of aryl methyl sites for hydroxylation is 1. The highest BCUT2D eigenvalue weighted by Gasteiger charge is 2.19. The van der Waals surface area contributed by atoms with Crippen molar-refractivity contribution in [2.75, 3.05) is 26.2 Å². The third kappa shape index (κ3) is 2.74. The highest BCUT2D eigenvalue weighted by atomic mass is 16.2. The number of nitrogens with one attached hydrogen (secondary N) is 1. The van der Waals surface area contributed by atoms with E-state index in [1.807, 2.05) is 36.1 Å². The number of nitrogens with zero attached hydrogens (tertiary/aromatic N) is 1. The van der Waals surface area contributed by atoms with Gasteiger partial charge >= 0.3 is 0 Å². The monoisotopic (exact) mass is 230 g/mol. The minimum atomic E-state index is 0.0513. The van der Waals surface area contributed by atoms with E-state index >= 15 is 0 Å². The van der Waals surface area contributed by atoms with E-state index in [0.29, 0.717) is 5.57 Å². The van der Waals surface area contributed by atoms with E-state index in [0.717, 1.165) is 31.7 Å². The molecule has 0 saturated carbocycles. The van der Waals surface area contributed by atoms with Gasteiger partial charge in [-0.2, -0.15) is 0 Å². The van der Waals surface area contributed by atoms with E-state index in [1.165, 1.54) is 5.56 Å². The molecule has 0 aliphatic carbocycles. The maximum atomic E-state index is 12.2. The molecule has 0 aromatic heterocycles. The molecule has 1 heterocycles. The lowest BCUT2D eigenvalue weighted by atomic mass is 10.0. The topological polar surface area (TPSA) is 32.3 Å². The molecule has 90 valence electrons. The van der Waals surface area contributed by atoms with E-state index in [-0.39, 0.29) is 5.91 Å². The minimum absolute atomic E-state index is 0.0513. The summed E-state index contributed by atoms with van der Waals surface area (Å²) in [6, 6.07) is 7.92. The van der Waals surface area contributed by atoms with Crippen molar-refractivity contribution in [3.63, 3.8) is 0 Å². The molecule has 1 fully saturated rings. The molecule has 0 bridgehead atoms. The molecule has 0 radical (unpaired) electrons. The van der Waals surface area contributed by atoms with Gasteiger partial charge in [0, 0.05) is 31.8 Å². The molecule has 17 heavy (non-hydrogen) atoms. The number of amides is 1. The van der Waals surface area contributed by atoms with E-state index in [9.17, 15) is 4.79 Å². The average Bonchev–Trinajstić information content (AvgIpc) is 2.39. The number of rotatable bonds is 2. The lowest BCUT2D eigenvalue weighted by Crippen LogP contribution is -2.46. The summed E-state index contributed by atoms with van der Waals surface area (Å²) in [4.78, 5) is 14.0. The standard InChI is InChI=1S/C14H18N2O/c1-11-3-5-13(6-4-11)12(2)14(17)16-9-7-15-8-10-16/h3-6,15H,2,7-10H2,1H3. The van der Waals surface area contributed by atoms with Gasteiger partial charge in [0.05, 0.1) is 0 Å². The minimum Gasteiger partial charge on any atom is -0.336 e. The van der Waals surface area contributed by atoms with Crippen LogP contribution in [0.25, 0.3) is 5.57 Å². The first kappa shape index (κ1) is 11.9. The average molecular weight is 230 g/mol. The molecule has 1 aromatic rings. The number of carbonyl (C=O) groups is 1. The first-order valence-corrected chi connectivity index (χ1v) is 5.94. The fraction of sp³-hybridized carbons (Fsp3) is 0.357. The molecular weight excluding hydrogens is 212 g/mol. The van der Waals surface area contributed by atoms with Gasteiger partial charge in [0.1, 0.15) is 0 Å². The Labute approximate surface area is 102 Å². The zero-order valence-corrected chi connectivity index (χ0v) is 10.2. The largest absolute Gasteiger partial charge is 0.336 e. The fourth-order valence-corrected chi connectivity index (χ4v) is 1.94. The summed E-state index contributed by atoms with van der Waals surface area (Å²) in [5.74, 6) is 0.0513. The third-order valence-electron chi connectivity index (χ3n) is 3.06. The predicted molar refractivity (Wildman–Crippen MR) is 69.7 cm³/mol. The summed E-state index contributed by atoms with van der Waals surface area (Å²) in [5, 5.41) is 3.23. The molecule has 2 rings (SSSR count). The van der Waals surface area contributed by atoms with E-state index in [2.05, 4.69) is 11.9 Å². The number of hydrogen-bond acceptors (Lipinski definition) is 2. The first-order chi connectivity index (χ1) is 8.18. The van der Waals surface area contributed by atoms with Gasteiger partial charge < -0.3 is 10.2 Å². The molecule has 1 aromatic carbocycles. The second kappa shape index (κ2) is 5.15. The van der Waals surface area contributed by atoms with Crippen LogP contribution in [0.2, 0.25) is 0 Å². The number of hydrogen-bond donors (Lipinski definition) is 1. The molecule has 1 amide bonds. The Kier molecular flexibility index (Phi) is 3.59. The van der Waals surface area contributed by atoms with Crippen molar-refractivity contribution in [1.82, 2.24) is 10.2 Å². The zero-order chi connectivity index (χ0) is 12.3. The van der Waals surface area contributed by atoms with Gasteiger partial charge in [0.2, 0.25) is 0 Å². The Balaban J connectivity index is 2.08. The Hall–Kier alpha value is -1.61. The van der Waals surface area contributed by atoms with Crippen molar-refractivity contribution >= 4 is 11.5 Å². The summed E-state index contributed by atoms with van der Waals surface area (Å²) in [7, 11) is 0. The molecule has 1 saturated heterocycles. The molecule has 0 atom stereocenters. The maximum absolute atomic E-state index is 12.2. The Morgan fingerprint density at radius 1 is 1.24 bits per heavy atom. The van der Waals surface area contributed by atoms with Gasteiger partial charge in [-0.3, -0.25) is 4.79 Å². The van der Waals surface area contributed by atoms with Gasteiger partial charge in [-0.05, 0) is 12.5 Å². The summed E-state index contributed by atoms with van der Waals surface area (Å²) in [5.41, 5.74) is 2.70. The van der Waals surface area contributed by atoms with E-state index in [1.54, 1.807) is 0 Å². The van der Waals surface area contributed by atoms with Crippen LogP contribution >= 0.6 is 0 Å². The van der Waals surface area contributed by atoms with Crippen LogP contribution in [-0.2, 0) is 4.79 Å². The van der Waals surface area contributed by atoms with Gasteiger partial charge in [-0.15, -0.1) is 0 Å². The quantitative estimate of drug-likeness (QED) is 0.780. The normalized spacial score (nSPS) is 15.7. The second-order valence-corrected chi connectivity index (χ2v) is 4.39. The van der Waals surface area contributed by atoms with Crippen LogP contribution in [-0.4, -0.2) is 37.0 Å². The maximum Gasteiger partial charge on any atom is 0.253 e. The Morgan fingerprint density at radius 2 is 1.82 bits per heavy atom. The van der Waals surface area contributed by atoms with Crippen LogP contribution in [0.4, 0.5) is 0 Å². The molecule has 1 aliphatic rings.